The Balaban J connectivity index is 1.05. The minimum atomic E-state index is 0.911. The van der Waals surface area contributed by atoms with Crippen LogP contribution in [0.3, 0.4) is 0 Å². The first-order chi connectivity index (χ1) is 26.6. The van der Waals surface area contributed by atoms with Gasteiger partial charge in [0, 0.05) is 33.1 Å². The van der Waals surface area contributed by atoms with Gasteiger partial charge < -0.3 is 9.32 Å². The van der Waals surface area contributed by atoms with Gasteiger partial charge in [-0.05, 0) is 99.3 Å². The molecule has 256 valence electrons. The largest absolute Gasteiger partial charge is 0.455 e. The van der Waals surface area contributed by atoms with Gasteiger partial charge >= 0.3 is 0 Å². The van der Waals surface area contributed by atoms with Crippen LogP contribution in [0.5, 0.6) is 0 Å². The number of furan rings is 1. The highest BCUT2D eigenvalue weighted by molar-refractivity contribution is 6.10. The molecular weight excluding hydrogens is 655 g/mol. The van der Waals surface area contributed by atoms with Crippen molar-refractivity contribution in [2.24, 2.45) is 0 Å². The summed E-state index contributed by atoms with van der Waals surface area (Å²) in [5.41, 5.74) is 14.8. The van der Waals surface area contributed by atoms with Gasteiger partial charge in [0.2, 0.25) is 0 Å². The van der Waals surface area contributed by atoms with E-state index in [1.807, 2.05) is 12.1 Å². The number of hydrogen-bond donors (Lipinski definition) is 0. The number of para-hydroxylation sites is 2. The molecule has 0 aliphatic rings. The lowest BCUT2D eigenvalue weighted by atomic mass is 9.96. The van der Waals surface area contributed by atoms with Crippen molar-refractivity contribution in [2.75, 3.05) is 4.90 Å². The van der Waals surface area contributed by atoms with E-state index in [0.29, 0.717) is 0 Å². The normalized spacial score (nSPS) is 11.5. The predicted molar refractivity (Wildman–Crippen MR) is 229 cm³/mol. The molecular formula is C52H37NO. The van der Waals surface area contributed by atoms with Crippen LogP contribution in [-0.2, 0) is 0 Å². The van der Waals surface area contributed by atoms with Gasteiger partial charge in [0.25, 0.3) is 0 Å². The fraction of sp³-hybridized carbons (Fsp3) is 0.0385. The highest BCUT2D eigenvalue weighted by atomic mass is 16.3. The van der Waals surface area contributed by atoms with Crippen LogP contribution in [-0.4, -0.2) is 0 Å². The first kappa shape index (κ1) is 31.8. The zero-order chi connectivity index (χ0) is 36.2. The summed E-state index contributed by atoms with van der Waals surface area (Å²) in [6.45, 7) is 4.43. The van der Waals surface area contributed by atoms with E-state index in [0.717, 1.165) is 44.4 Å². The molecule has 0 radical (unpaired) electrons. The molecule has 10 rings (SSSR count). The predicted octanol–water partition coefficient (Wildman–Crippen LogP) is 15.0. The highest BCUT2D eigenvalue weighted by Crippen LogP contribution is 2.44. The van der Waals surface area contributed by atoms with E-state index in [4.69, 9.17) is 4.42 Å². The summed E-state index contributed by atoms with van der Waals surface area (Å²) in [6, 6.07) is 67.8. The molecule has 0 aliphatic carbocycles. The first-order valence-corrected chi connectivity index (χ1v) is 18.6. The fourth-order valence-electron chi connectivity index (χ4n) is 8.31. The number of anilines is 3. The average molecular weight is 692 g/mol. The maximum Gasteiger partial charge on any atom is 0.143 e. The minimum Gasteiger partial charge on any atom is -0.455 e. The Hall–Kier alpha value is -6.90. The van der Waals surface area contributed by atoms with Crippen LogP contribution >= 0.6 is 0 Å². The minimum absolute atomic E-state index is 0.911. The van der Waals surface area contributed by atoms with E-state index >= 15 is 0 Å². The molecule has 0 saturated carbocycles. The van der Waals surface area contributed by atoms with Gasteiger partial charge in [-0.1, -0.05) is 158 Å². The quantitative estimate of drug-likeness (QED) is 0.173. The van der Waals surface area contributed by atoms with Crippen molar-refractivity contribution in [1.82, 2.24) is 0 Å². The summed E-state index contributed by atoms with van der Waals surface area (Å²) in [6.07, 6.45) is 0. The molecule has 0 bridgehead atoms. The van der Waals surface area contributed by atoms with Gasteiger partial charge in [0.1, 0.15) is 11.2 Å². The van der Waals surface area contributed by atoms with E-state index < -0.39 is 0 Å². The number of hydrogen-bond acceptors (Lipinski definition) is 2. The van der Waals surface area contributed by atoms with Crippen molar-refractivity contribution < 1.29 is 4.42 Å². The van der Waals surface area contributed by atoms with Gasteiger partial charge in [-0.3, -0.25) is 0 Å². The van der Waals surface area contributed by atoms with Gasteiger partial charge in [-0.25, -0.2) is 0 Å². The standard InChI is InChI=1S/C52H37NO/c1-34-33-35(2)51(48-16-6-5-13-43(34)48)53(42-31-27-40(28-32-42)46-18-10-19-49-47-15-7-8-20-50(47)54-52(46)49)41-29-25-37(26-30-41)36-21-23-39(24-22-36)45-17-9-12-38-11-3-4-14-44(38)45/h3-33H,1-2H3. The summed E-state index contributed by atoms with van der Waals surface area (Å²) in [5, 5.41) is 7.31. The van der Waals surface area contributed by atoms with E-state index in [1.165, 1.54) is 60.6 Å². The molecule has 0 unspecified atom stereocenters. The molecule has 2 nitrogen and oxygen atoms in total. The molecule has 2 heteroatoms. The molecule has 0 saturated heterocycles. The zero-order valence-electron chi connectivity index (χ0n) is 30.3. The van der Waals surface area contributed by atoms with Crippen molar-refractivity contribution in [3.63, 3.8) is 0 Å². The van der Waals surface area contributed by atoms with Crippen molar-refractivity contribution in [2.45, 2.75) is 13.8 Å². The lowest BCUT2D eigenvalue weighted by Gasteiger charge is -2.29. The SMILES string of the molecule is Cc1cc(C)c2ccccc2c1N(c1ccc(-c2ccc(-c3cccc4ccccc34)cc2)cc1)c1ccc(-c2cccc3c2oc2ccccc23)cc1. The smallest absolute Gasteiger partial charge is 0.143 e. The van der Waals surface area contributed by atoms with E-state index in [1.54, 1.807) is 0 Å². The van der Waals surface area contributed by atoms with Crippen molar-refractivity contribution >= 4 is 60.5 Å². The molecule has 0 amide bonds. The Morgan fingerprint density at radius 2 is 0.870 bits per heavy atom. The molecule has 0 atom stereocenters. The maximum absolute atomic E-state index is 6.41. The number of fused-ring (bicyclic) bond motifs is 5. The summed E-state index contributed by atoms with van der Waals surface area (Å²) in [4.78, 5) is 2.41. The summed E-state index contributed by atoms with van der Waals surface area (Å²) >= 11 is 0. The summed E-state index contributed by atoms with van der Waals surface area (Å²) in [5.74, 6) is 0. The molecule has 54 heavy (non-hydrogen) atoms. The Morgan fingerprint density at radius 3 is 1.61 bits per heavy atom. The van der Waals surface area contributed by atoms with Crippen LogP contribution < -0.4 is 4.90 Å². The maximum atomic E-state index is 6.41. The molecule has 1 heterocycles. The second kappa shape index (κ2) is 12.9. The average Bonchev–Trinajstić information content (AvgIpc) is 3.62. The Labute approximate surface area is 315 Å². The number of aryl methyl sites for hydroxylation is 2. The highest BCUT2D eigenvalue weighted by Gasteiger charge is 2.20. The van der Waals surface area contributed by atoms with Crippen LogP contribution in [0.1, 0.15) is 11.1 Å². The lowest BCUT2D eigenvalue weighted by Crippen LogP contribution is -2.12. The Kier molecular flexibility index (Phi) is 7.63. The number of benzene rings is 9. The van der Waals surface area contributed by atoms with Crippen LogP contribution in [0, 0.1) is 13.8 Å². The third kappa shape index (κ3) is 5.35. The third-order valence-corrected chi connectivity index (χ3v) is 10.9. The second-order valence-corrected chi connectivity index (χ2v) is 14.2. The first-order valence-electron chi connectivity index (χ1n) is 18.6. The van der Waals surface area contributed by atoms with Crippen LogP contribution in [0.25, 0.3) is 76.9 Å². The van der Waals surface area contributed by atoms with E-state index in [9.17, 15) is 0 Å². The number of nitrogens with zero attached hydrogens (tertiary/aromatic N) is 1. The topological polar surface area (TPSA) is 16.4 Å². The van der Waals surface area contributed by atoms with Crippen molar-refractivity contribution in [1.29, 1.82) is 0 Å². The summed E-state index contributed by atoms with van der Waals surface area (Å²) in [7, 11) is 0. The summed E-state index contributed by atoms with van der Waals surface area (Å²) < 4.78 is 6.41. The molecule has 0 spiro atoms. The monoisotopic (exact) mass is 691 g/mol. The molecule has 1 aromatic heterocycles. The fourth-order valence-corrected chi connectivity index (χ4v) is 8.31. The Bertz CT molecular complexity index is 2980. The van der Waals surface area contributed by atoms with Gasteiger partial charge in [0.05, 0.1) is 5.69 Å². The van der Waals surface area contributed by atoms with Gasteiger partial charge in [0.15, 0.2) is 0 Å². The van der Waals surface area contributed by atoms with Crippen LogP contribution in [0.15, 0.2) is 192 Å². The molecule has 10 aromatic rings. The van der Waals surface area contributed by atoms with E-state index in [-0.39, 0.29) is 0 Å². The van der Waals surface area contributed by atoms with Crippen molar-refractivity contribution in [3.05, 3.63) is 199 Å². The lowest BCUT2D eigenvalue weighted by molar-refractivity contribution is 0.670. The van der Waals surface area contributed by atoms with Crippen LogP contribution in [0.2, 0.25) is 0 Å². The molecule has 0 aliphatic heterocycles. The van der Waals surface area contributed by atoms with Crippen molar-refractivity contribution in [3.8, 4) is 33.4 Å². The van der Waals surface area contributed by atoms with Gasteiger partial charge in [-0.15, -0.1) is 0 Å². The molecule has 9 aromatic carbocycles. The molecule has 0 N–H and O–H groups in total. The molecule has 0 fully saturated rings. The number of rotatable bonds is 6. The van der Waals surface area contributed by atoms with Gasteiger partial charge in [-0.2, -0.15) is 0 Å². The Morgan fingerprint density at radius 1 is 0.370 bits per heavy atom. The van der Waals surface area contributed by atoms with Crippen LogP contribution in [0.4, 0.5) is 17.1 Å². The zero-order valence-corrected chi connectivity index (χ0v) is 30.3. The van der Waals surface area contributed by atoms with E-state index in [2.05, 4.69) is 195 Å². The third-order valence-electron chi connectivity index (χ3n) is 10.9. The second-order valence-electron chi connectivity index (χ2n) is 14.2.